The number of thiophene rings is 1. The van der Waals surface area contributed by atoms with Crippen LogP contribution < -0.4 is 0 Å². The highest BCUT2D eigenvalue weighted by Gasteiger charge is 2.18. The SMILES string of the molecule is CCCCN(CCCl)C(=O)c1sccc1CC. The molecule has 1 aromatic rings. The summed E-state index contributed by atoms with van der Waals surface area (Å²) in [5.74, 6) is 0.647. The Hall–Kier alpha value is -0.540. The number of hydrogen-bond donors (Lipinski definition) is 0. The number of nitrogens with zero attached hydrogens (tertiary/aromatic N) is 1. The summed E-state index contributed by atoms with van der Waals surface area (Å²) in [4.78, 5) is 15.1. The van der Waals surface area contributed by atoms with Crippen molar-refractivity contribution in [1.82, 2.24) is 4.90 Å². The highest BCUT2D eigenvalue weighted by atomic mass is 35.5. The second kappa shape index (κ2) is 7.72. The summed E-state index contributed by atoms with van der Waals surface area (Å²) in [5.41, 5.74) is 1.15. The van der Waals surface area contributed by atoms with Crippen molar-refractivity contribution in [3.63, 3.8) is 0 Å². The zero-order valence-corrected chi connectivity index (χ0v) is 12.1. The average Bonchev–Trinajstić information content (AvgIpc) is 2.81. The molecule has 0 saturated heterocycles. The summed E-state index contributed by atoms with van der Waals surface area (Å²) in [7, 11) is 0. The van der Waals surface area contributed by atoms with E-state index in [9.17, 15) is 4.79 Å². The third-order valence-electron chi connectivity index (χ3n) is 2.75. The fourth-order valence-corrected chi connectivity index (χ4v) is 2.88. The van der Waals surface area contributed by atoms with E-state index in [0.717, 1.165) is 36.2 Å². The van der Waals surface area contributed by atoms with Crippen molar-refractivity contribution in [1.29, 1.82) is 0 Å². The largest absolute Gasteiger partial charge is 0.337 e. The Kier molecular flexibility index (Phi) is 6.60. The average molecular weight is 274 g/mol. The van der Waals surface area contributed by atoms with Gasteiger partial charge < -0.3 is 4.90 Å². The maximum Gasteiger partial charge on any atom is 0.264 e. The molecule has 96 valence electrons. The van der Waals surface area contributed by atoms with Crippen LogP contribution in [0.1, 0.15) is 41.9 Å². The lowest BCUT2D eigenvalue weighted by molar-refractivity contribution is 0.0767. The molecule has 0 aliphatic rings. The topological polar surface area (TPSA) is 20.3 Å². The van der Waals surface area contributed by atoms with Gasteiger partial charge in [0.25, 0.3) is 5.91 Å². The first kappa shape index (κ1) is 14.5. The van der Waals surface area contributed by atoms with E-state index in [2.05, 4.69) is 13.8 Å². The molecule has 2 nitrogen and oxygen atoms in total. The molecule has 1 heterocycles. The zero-order chi connectivity index (χ0) is 12.7. The van der Waals surface area contributed by atoms with Gasteiger partial charge in [0, 0.05) is 19.0 Å². The van der Waals surface area contributed by atoms with Gasteiger partial charge in [-0.2, -0.15) is 0 Å². The van der Waals surface area contributed by atoms with Crippen molar-refractivity contribution in [2.75, 3.05) is 19.0 Å². The fourth-order valence-electron chi connectivity index (χ4n) is 1.71. The molecule has 0 N–H and O–H groups in total. The predicted molar refractivity (Wildman–Crippen MR) is 75.2 cm³/mol. The molecule has 17 heavy (non-hydrogen) atoms. The molecule has 4 heteroatoms. The maximum atomic E-state index is 12.4. The van der Waals surface area contributed by atoms with E-state index in [4.69, 9.17) is 11.6 Å². The second-order valence-electron chi connectivity index (χ2n) is 3.96. The normalized spacial score (nSPS) is 10.5. The van der Waals surface area contributed by atoms with Gasteiger partial charge in [-0.1, -0.05) is 20.3 Å². The standard InChI is InChI=1S/C13H20ClNOS/c1-3-5-8-15(9-7-14)13(16)12-11(4-2)6-10-17-12/h6,10H,3-5,7-9H2,1-2H3. The van der Waals surface area contributed by atoms with E-state index in [-0.39, 0.29) is 5.91 Å². The van der Waals surface area contributed by atoms with E-state index < -0.39 is 0 Å². The molecule has 0 unspecified atom stereocenters. The summed E-state index contributed by atoms with van der Waals surface area (Å²) >= 11 is 7.30. The van der Waals surface area contributed by atoms with E-state index >= 15 is 0 Å². The Morgan fingerprint density at radius 2 is 2.18 bits per heavy atom. The lowest BCUT2D eigenvalue weighted by Crippen LogP contribution is -2.33. The Morgan fingerprint density at radius 3 is 2.76 bits per heavy atom. The molecule has 0 aromatic carbocycles. The minimum absolute atomic E-state index is 0.144. The van der Waals surface area contributed by atoms with Gasteiger partial charge in [0.15, 0.2) is 0 Å². The number of unbranched alkanes of at least 4 members (excludes halogenated alkanes) is 1. The van der Waals surface area contributed by atoms with Crippen molar-refractivity contribution in [2.24, 2.45) is 0 Å². The van der Waals surface area contributed by atoms with Crippen molar-refractivity contribution < 1.29 is 4.79 Å². The summed E-state index contributed by atoms with van der Waals surface area (Å²) in [6.07, 6.45) is 3.04. The molecule has 0 aliphatic carbocycles. The van der Waals surface area contributed by atoms with Crippen LogP contribution in [0.3, 0.4) is 0 Å². The maximum absolute atomic E-state index is 12.4. The second-order valence-corrected chi connectivity index (χ2v) is 5.26. The first-order valence-corrected chi connectivity index (χ1v) is 7.57. The van der Waals surface area contributed by atoms with Crippen LogP contribution in [-0.4, -0.2) is 29.8 Å². The number of aryl methyl sites for hydroxylation is 1. The quantitative estimate of drug-likeness (QED) is 0.692. The zero-order valence-electron chi connectivity index (χ0n) is 10.5. The molecule has 0 radical (unpaired) electrons. The van der Waals surface area contributed by atoms with E-state index in [0.29, 0.717) is 12.4 Å². The van der Waals surface area contributed by atoms with Crippen molar-refractivity contribution in [3.8, 4) is 0 Å². The lowest BCUT2D eigenvalue weighted by Gasteiger charge is -2.21. The number of alkyl halides is 1. The highest BCUT2D eigenvalue weighted by Crippen LogP contribution is 2.19. The van der Waals surface area contributed by atoms with Gasteiger partial charge in [0.1, 0.15) is 0 Å². The number of halogens is 1. The van der Waals surface area contributed by atoms with Crippen LogP contribution in [0.4, 0.5) is 0 Å². The van der Waals surface area contributed by atoms with Crippen LogP contribution in [0.5, 0.6) is 0 Å². The van der Waals surface area contributed by atoms with E-state index in [1.165, 1.54) is 11.3 Å². The molecule has 1 rings (SSSR count). The van der Waals surface area contributed by atoms with Crippen LogP contribution in [0.15, 0.2) is 11.4 Å². The Bertz CT molecular complexity index is 351. The van der Waals surface area contributed by atoms with Crippen LogP contribution in [-0.2, 0) is 6.42 Å². The first-order valence-electron chi connectivity index (χ1n) is 6.16. The number of carbonyl (C=O) groups excluding carboxylic acids is 1. The third-order valence-corrected chi connectivity index (χ3v) is 3.86. The van der Waals surface area contributed by atoms with Crippen LogP contribution in [0.25, 0.3) is 0 Å². The smallest absolute Gasteiger partial charge is 0.264 e. The van der Waals surface area contributed by atoms with Gasteiger partial charge >= 0.3 is 0 Å². The summed E-state index contributed by atoms with van der Waals surface area (Å²) in [6.45, 7) is 5.66. The number of hydrogen-bond acceptors (Lipinski definition) is 2. The Labute approximate surface area is 113 Å². The van der Waals surface area contributed by atoms with Crippen molar-refractivity contribution >= 4 is 28.8 Å². The molecular formula is C13H20ClNOS. The molecule has 0 atom stereocenters. The molecule has 0 bridgehead atoms. The van der Waals surface area contributed by atoms with Crippen molar-refractivity contribution in [3.05, 3.63) is 21.9 Å². The molecule has 0 aliphatic heterocycles. The van der Waals surface area contributed by atoms with Gasteiger partial charge in [-0.05, 0) is 29.9 Å². The summed E-state index contributed by atoms with van der Waals surface area (Å²) in [5, 5.41) is 1.99. The van der Waals surface area contributed by atoms with Gasteiger partial charge in [-0.15, -0.1) is 22.9 Å². The predicted octanol–water partition coefficient (Wildman–Crippen LogP) is 3.79. The molecule has 0 saturated carbocycles. The number of rotatable bonds is 7. The van der Waals surface area contributed by atoms with Gasteiger partial charge in [-0.3, -0.25) is 4.79 Å². The molecule has 1 aromatic heterocycles. The fraction of sp³-hybridized carbons (Fsp3) is 0.615. The van der Waals surface area contributed by atoms with E-state index in [1.54, 1.807) is 0 Å². The van der Waals surface area contributed by atoms with Crippen LogP contribution in [0.2, 0.25) is 0 Å². The summed E-state index contributed by atoms with van der Waals surface area (Å²) < 4.78 is 0. The van der Waals surface area contributed by atoms with Gasteiger partial charge in [0.05, 0.1) is 4.88 Å². The summed E-state index contributed by atoms with van der Waals surface area (Å²) in [6, 6.07) is 2.04. The van der Waals surface area contributed by atoms with Gasteiger partial charge in [0.2, 0.25) is 0 Å². The molecule has 1 amide bonds. The molecule has 0 spiro atoms. The molecular weight excluding hydrogens is 254 g/mol. The molecule has 0 fully saturated rings. The monoisotopic (exact) mass is 273 g/mol. The Morgan fingerprint density at radius 1 is 1.41 bits per heavy atom. The van der Waals surface area contributed by atoms with Gasteiger partial charge in [-0.25, -0.2) is 0 Å². The van der Waals surface area contributed by atoms with Crippen LogP contribution in [0, 0.1) is 0 Å². The minimum atomic E-state index is 0.144. The lowest BCUT2D eigenvalue weighted by atomic mass is 10.2. The minimum Gasteiger partial charge on any atom is -0.337 e. The third kappa shape index (κ3) is 4.00. The van der Waals surface area contributed by atoms with Crippen LogP contribution >= 0.6 is 22.9 Å². The Balaban J connectivity index is 2.76. The number of amides is 1. The first-order chi connectivity index (χ1) is 8.24. The van der Waals surface area contributed by atoms with Crippen molar-refractivity contribution in [2.45, 2.75) is 33.1 Å². The highest BCUT2D eigenvalue weighted by molar-refractivity contribution is 7.12. The van der Waals surface area contributed by atoms with E-state index in [1.807, 2.05) is 16.3 Å². The number of carbonyl (C=O) groups is 1.